The second-order valence-electron chi connectivity index (χ2n) is 7.41. The maximum Gasteiger partial charge on any atom is 0.231 e. The van der Waals surface area contributed by atoms with Gasteiger partial charge in [0.05, 0.1) is 22.5 Å². The summed E-state index contributed by atoms with van der Waals surface area (Å²) in [5.41, 5.74) is 3.77. The van der Waals surface area contributed by atoms with Gasteiger partial charge >= 0.3 is 0 Å². The lowest BCUT2D eigenvalue weighted by Crippen LogP contribution is -2.15. The number of fused-ring (bicyclic) bond motifs is 1. The number of thiophene rings is 1. The fourth-order valence-corrected chi connectivity index (χ4v) is 5.82. The van der Waals surface area contributed by atoms with Gasteiger partial charge in [0.1, 0.15) is 10.0 Å². The molecule has 0 saturated carbocycles. The molecule has 0 aliphatic rings. The van der Waals surface area contributed by atoms with Gasteiger partial charge in [-0.1, -0.05) is 54.2 Å². The van der Waals surface area contributed by atoms with E-state index < -0.39 is 0 Å². The van der Waals surface area contributed by atoms with Gasteiger partial charge in [-0.05, 0) is 36.1 Å². The maximum absolute atomic E-state index is 12.5. The van der Waals surface area contributed by atoms with Gasteiger partial charge in [-0.3, -0.25) is 4.79 Å². The van der Waals surface area contributed by atoms with Crippen molar-refractivity contribution >= 4 is 56.9 Å². The van der Waals surface area contributed by atoms with E-state index in [1.165, 1.54) is 11.3 Å². The van der Waals surface area contributed by atoms with Crippen LogP contribution in [0.3, 0.4) is 0 Å². The number of nitrogens with zero attached hydrogens (tertiary/aromatic N) is 3. The number of benzene rings is 2. The van der Waals surface area contributed by atoms with Gasteiger partial charge < -0.3 is 5.32 Å². The fraction of sp³-hybridized carbons (Fsp3) is 0.120. The lowest BCUT2D eigenvalue weighted by molar-refractivity contribution is -0.115. The third-order valence-electron chi connectivity index (χ3n) is 5.00. The van der Waals surface area contributed by atoms with Gasteiger partial charge in [0.15, 0.2) is 5.82 Å². The number of para-hydroxylation sites is 2. The Morgan fingerprint density at radius 3 is 2.67 bits per heavy atom. The molecule has 0 unspecified atom stereocenters. The lowest BCUT2D eigenvalue weighted by atomic mass is 10.2. The fourth-order valence-electron chi connectivity index (χ4n) is 3.36. The van der Waals surface area contributed by atoms with Crippen molar-refractivity contribution in [3.63, 3.8) is 0 Å². The topological polar surface area (TPSA) is 67.8 Å². The molecule has 164 valence electrons. The molecule has 0 spiro atoms. The molecule has 3 heterocycles. The molecule has 2 aromatic carbocycles. The molecule has 0 radical (unpaired) electrons. The first kappa shape index (κ1) is 21.8. The molecule has 5 aromatic rings. The number of amides is 1. The number of hydrogen-bond acceptors (Lipinski definition) is 7. The van der Waals surface area contributed by atoms with Crippen LogP contribution in [0.1, 0.15) is 16.3 Å². The van der Waals surface area contributed by atoms with Crippen molar-refractivity contribution in [3.05, 3.63) is 87.7 Å². The van der Waals surface area contributed by atoms with Crippen LogP contribution in [0, 0.1) is 6.92 Å². The number of carbonyl (C=O) groups is 1. The SMILES string of the molecule is Cc1ccccc1NC(=O)Cc1nc(CSc2nc(-c3cccs3)nc3ccccc23)cs1. The van der Waals surface area contributed by atoms with E-state index in [-0.39, 0.29) is 12.3 Å². The molecule has 8 heteroatoms. The summed E-state index contributed by atoms with van der Waals surface area (Å²) in [4.78, 5) is 27.8. The zero-order valence-corrected chi connectivity index (χ0v) is 20.3. The first-order valence-corrected chi connectivity index (χ1v) is 13.1. The predicted octanol–water partition coefficient (Wildman–Crippen LogP) is 6.60. The van der Waals surface area contributed by atoms with Crippen LogP contribution in [0.4, 0.5) is 5.69 Å². The normalized spacial score (nSPS) is 11.1. The number of aromatic nitrogens is 3. The van der Waals surface area contributed by atoms with E-state index in [9.17, 15) is 4.79 Å². The highest BCUT2D eigenvalue weighted by molar-refractivity contribution is 7.98. The Kier molecular flexibility index (Phi) is 6.48. The Morgan fingerprint density at radius 1 is 0.970 bits per heavy atom. The van der Waals surface area contributed by atoms with Gasteiger partial charge in [0.25, 0.3) is 0 Å². The number of anilines is 1. The Balaban J connectivity index is 1.29. The van der Waals surface area contributed by atoms with Crippen LogP contribution in [-0.2, 0) is 17.0 Å². The molecule has 5 nitrogen and oxygen atoms in total. The van der Waals surface area contributed by atoms with E-state index in [1.54, 1.807) is 23.1 Å². The number of thiazole rings is 1. The molecular formula is C25H20N4OS3. The Hall–Kier alpha value is -3.07. The van der Waals surface area contributed by atoms with Crippen LogP contribution >= 0.6 is 34.4 Å². The van der Waals surface area contributed by atoms with Crippen molar-refractivity contribution < 1.29 is 4.79 Å². The van der Waals surface area contributed by atoms with Crippen molar-refractivity contribution in [2.24, 2.45) is 0 Å². The second-order valence-corrected chi connectivity index (χ2v) is 10.3. The van der Waals surface area contributed by atoms with Crippen LogP contribution in [-0.4, -0.2) is 20.9 Å². The smallest absolute Gasteiger partial charge is 0.231 e. The standard InChI is InChI=1S/C25H20N4OS3/c1-16-7-2-4-9-19(16)27-22(30)13-23-26-17(14-32-23)15-33-25-18-8-3-5-10-20(18)28-24(29-25)21-11-6-12-31-21/h2-12,14H,13,15H2,1H3,(H,27,30). The quantitative estimate of drug-likeness (QED) is 0.207. The first-order chi connectivity index (χ1) is 16.2. The number of rotatable bonds is 7. The molecular weight excluding hydrogens is 469 g/mol. The molecule has 1 amide bonds. The summed E-state index contributed by atoms with van der Waals surface area (Å²) in [5, 5.41) is 9.81. The Labute approximate surface area is 204 Å². The van der Waals surface area contributed by atoms with E-state index in [0.717, 1.165) is 48.6 Å². The van der Waals surface area contributed by atoms with Gasteiger partial charge in [0, 0.05) is 22.2 Å². The third kappa shape index (κ3) is 5.13. The summed E-state index contributed by atoms with van der Waals surface area (Å²) in [6, 6.07) is 19.9. The summed E-state index contributed by atoms with van der Waals surface area (Å²) in [5.74, 6) is 1.37. The number of aryl methyl sites for hydroxylation is 1. The van der Waals surface area contributed by atoms with Crippen molar-refractivity contribution in [3.8, 4) is 10.7 Å². The third-order valence-corrected chi connectivity index (χ3v) is 7.79. The molecule has 0 aliphatic heterocycles. The summed E-state index contributed by atoms with van der Waals surface area (Å²) >= 11 is 4.80. The largest absolute Gasteiger partial charge is 0.325 e. The van der Waals surface area contributed by atoms with Crippen molar-refractivity contribution in [1.29, 1.82) is 0 Å². The molecule has 0 aliphatic carbocycles. The molecule has 0 atom stereocenters. The maximum atomic E-state index is 12.5. The molecule has 0 saturated heterocycles. The van der Waals surface area contributed by atoms with E-state index >= 15 is 0 Å². The van der Waals surface area contributed by atoms with Crippen LogP contribution in [0.2, 0.25) is 0 Å². The summed E-state index contributed by atoms with van der Waals surface area (Å²) in [7, 11) is 0. The van der Waals surface area contributed by atoms with E-state index in [2.05, 4.69) is 16.4 Å². The highest BCUT2D eigenvalue weighted by Crippen LogP contribution is 2.32. The molecule has 0 bridgehead atoms. The van der Waals surface area contributed by atoms with Crippen LogP contribution in [0.15, 0.2) is 76.4 Å². The van der Waals surface area contributed by atoms with Crippen LogP contribution < -0.4 is 5.32 Å². The van der Waals surface area contributed by atoms with Gasteiger partial charge in [-0.25, -0.2) is 15.0 Å². The highest BCUT2D eigenvalue weighted by Gasteiger charge is 2.13. The van der Waals surface area contributed by atoms with Gasteiger partial charge in [-0.2, -0.15) is 0 Å². The number of hydrogen-bond donors (Lipinski definition) is 1. The highest BCUT2D eigenvalue weighted by atomic mass is 32.2. The van der Waals surface area contributed by atoms with E-state index in [0.29, 0.717) is 5.75 Å². The van der Waals surface area contributed by atoms with Crippen LogP contribution in [0.5, 0.6) is 0 Å². The number of thioether (sulfide) groups is 1. The molecule has 1 N–H and O–H groups in total. The number of carbonyl (C=O) groups excluding carboxylic acids is 1. The predicted molar refractivity (Wildman–Crippen MR) is 138 cm³/mol. The number of nitrogens with one attached hydrogen (secondary N) is 1. The second kappa shape index (κ2) is 9.82. The first-order valence-electron chi connectivity index (χ1n) is 10.4. The van der Waals surface area contributed by atoms with Crippen molar-refractivity contribution in [2.45, 2.75) is 24.1 Å². The molecule has 5 rings (SSSR count). The average molecular weight is 489 g/mol. The van der Waals surface area contributed by atoms with Gasteiger partial charge in [-0.15, -0.1) is 22.7 Å². The van der Waals surface area contributed by atoms with E-state index in [1.807, 2.05) is 72.3 Å². The lowest BCUT2D eigenvalue weighted by Gasteiger charge is -2.07. The Morgan fingerprint density at radius 2 is 1.82 bits per heavy atom. The monoisotopic (exact) mass is 488 g/mol. The molecule has 3 aromatic heterocycles. The van der Waals surface area contributed by atoms with Gasteiger partial charge in [0.2, 0.25) is 5.91 Å². The van der Waals surface area contributed by atoms with Crippen molar-refractivity contribution in [2.75, 3.05) is 5.32 Å². The minimum atomic E-state index is -0.0553. The molecule has 33 heavy (non-hydrogen) atoms. The summed E-state index contributed by atoms with van der Waals surface area (Å²) in [6.07, 6.45) is 0.266. The minimum absolute atomic E-state index is 0.0553. The van der Waals surface area contributed by atoms with Crippen molar-refractivity contribution in [1.82, 2.24) is 15.0 Å². The summed E-state index contributed by atoms with van der Waals surface area (Å²) < 4.78 is 0. The average Bonchev–Trinajstić information content (AvgIpc) is 3.51. The zero-order chi connectivity index (χ0) is 22.6. The summed E-state index contributed by atoms with van der Waals surface area (Å²) in [6.45, 7) is 1.98. The zero-order valence-electron chi connectivity index (χ0n) is 17.8. The minimum Gasteiger partial charge on any atom is -0.325 e. The van der Waals surface area contributed by atoms with E-state index in [4.69, 9.17) is 9.97 Å². The van der Waals surface area contributed by atoms with Crippen LogP contribution in [0.25, 0.3) is 21.6 Å². The molecule has 0 fully saturated rings. The Bertz CT molecular complexity index is 1410.